The molecule has 2 rings (SSSR count). The highest BCUT2D eigenvalue weighted by Crippen LogP contribution is 2.33. The average molecular weight is 214 g/mol. The van der Waals surface area contributed by atoms with E-state index in [1.165, 1.54) is 42.4 Å². The van der Waals surface area contributed by atoms with Crippen LogP contribution in [0.5, 0.6) is 0 Å². The number of hydrogen-bond donors (Lipinski definition) is 0. The third kappa shape index (κ3) is 2.21. The summed E-state index contributed by atoms with van der Waals surface area (Å²) in [5.41, 5.74) is 5.93. The fourth-order valence-corrected chi connectivity index (χ4v) is 2.60. The van der Waals surface area contributed by atoms with Crippen LogP contribution in [0.2, 0.25) is 0 Å². The highest BCUT2D eigenvalue weighted by atomic mass is 14.2. The Balaban J connectivity index is 2.26. The molecule has 86 valence electrons. The first-order chi connectivity index (χ1) is 7.72. The highest BCUT2D eigenvalue weighted by molar-refractivity contribution is 5.69. The molecule has 0 aromatic heterocycles. The molecule has 0 saturated carbocycles. The van der Waals surface area contributed by atoms with Gasteiger partial charge in [0.2, 0.25) is 0 Å². The smallest absolute Gasteiger partial charge is 0.0196 e. The second kappa shape index (κ2) is 4.86. The molecule has 0 spiro atoms. The molecular weight excluding hydrogens is 192 g/mol. The molecule has 1 unspecified atom stereocenters. The zero-order chi connectivity index (χ0) is 11.5. The molecule has 0 fully saturated rings. The van der Waals surface area contributed by atoms with E-state index in [-0.39, 0.29) is 0 Å². The fraction of sp³-hybridized carbons (Fsp3) is 0.500. The predicted octanol–water partition coefficient (Wildman–Crippen LogP) is 4.90. The molecule has 1 aliphatic carbocycles. The van der Waals surface area contributed by atoms with Gasteiger partial charge < -0.3 is 0 Å². The summed E-state index contributed by atoms with van der Waals surface area (Å²) in [5.74, 6) is 0.925. The summed E-state index contributed by atoms with van der Waals surface area (Å²) in [6, 6.07) is 6.67. The summed E-state index contributed by atoms with van der Waals surface area (Å²) >= 11 is 0. The molecule has 1 aromatic carbocycles. The lowest BCUT2D eigenvalue weighted by Gasteiger charge is -2.22. The first-order valence-electron chi connectivity index (χ1n) is 6.48. The van der Waals surface area contributed by atoms with Crippen LogP contribution in [-0.4, -0.2) is 0 Å². The van der Waals surface area contributed by atoms with Crippen molar-refractivity contribution < 1.29 is 0 Å². The third-order valence-electron chi connectivity index (χ3n) is 4.05. The van der Waals surface area contributed by atoms with Crippen molar-refractivity contribution >= 4 is 5.57 Å². The molecule has 0 nitrogen and oxygen atoms in total. The Morgan fingerprint density at radius 1 is 1.25 bits per heavy atom. The summed E-state index contributed by atoms with van der Waals surface area (Å²) in [5, 5.41) is 0. The third-order valence-corrected chi connectivity index (χ3v) is 4.05. The predicted molar refractivity (Wildman–Crippen MR) is 71.5 cm³/mol. The van der Waals surface area contributed by atoms with Gasteiger partial charge in [-0.3, -0.25) is 0 Å². The van der Waals surface area contributed by atoms with Crippen molar-refractivity contribution in [2.45, 2.75) is 46.5 Å². The second-order valence-electron chi connectivity index (χ2n) is 5.03. The number of allylic oxidation sites excluding steroid dienone is 2. The first-order valence-corrected chi connectivity index (χ1v) is 6.48. The Morgan fingerprint density at radius 2 is 2.06 bits per heavy atom. The monoisotopic (exact) mass is 214 g/mol. The molecule has 0 amide bonds. The topological polar surface area (TPSA) is 0 Å². The molecule has 0 heterocycles. The van der Waals surface area contributed by atoms with E-state index in [1.54, 1.807) is 5.57 Å². The van der Waals surface area contributed by atoms with Gasteiger partial charge in [-0.25, -0.2) is 0 Å². The number of rotatable bonds is 2. The van der Waals surface area contributed by atoms with Crippen molar-refractivity contribution in [2.24, 2.45) is 5.92 Å². The van der Waals surface area contributed by atoms with Crippen LogP contribution in [0.15, 0.2) is 24.3 Å². The van der Waals surface area contributed by atoms with Crippen molar-refractivity contribution in [1.29, 1.82) is 0 Å². The van der Waals surface area contributed by atoms with E-state index < -0.39 is 0 Å². The SMILES string of the molecule is CCC1CC=C(c2cccc(C)c2C)CC1. The zero-order valence-electron chi connectivity index (χ0n) is 10.7. The van der Waals surface area contributed by atoms with Gasteiger partial charge >= 0.3 is 0 Å². The van der Waals surface area contributed by atoms with E-state index in [9.17, 15) is 0 Å². The van der Waals surface area contributed by atoms with Crippen LogP contribution >= 0.6 is 0 Å². The normalized spacial score (nSPS) is 20.7. The molecule has 0 N–H and O–H groups in total. The van der Waals surface area contributed by atoms with E-state index in [0.29, 0.717) is 0 Å². The fourth-order valence-electron chi connectivity index (χ4n) is 2.60. The van der Waals surface area contributed by atoms with E-state index in [1.807, 2.05) is 0 Å². The molecule has 1 atom stereocenters. The van der Waals surface area contributed by atoms with Gasteiger partial charge in [0.25, 0.3) is 0 Å². The van der Waals surface area contributed by atoms with Crippen LogP contribution in [0.4, 0.5) is 0 Å². The van der Waals surface area contributed by atoms with Crippen molar-refractivity contribution in [1.82, 2.24) is 0 Å². The number of hydrogen-bond acceptors (Lipinski definition) is 0. The van der Waals surface area contributed by atoms with Crippen LogP contribution < -0.4 is 0 Å². The standard InChI is InChI=1S/C16H22/c1-4-14-8-10-15(11-9-14)16-7-5-6-12(2)13(16)3/h5-7,10,14H,4,8-9,11H2,1-3H3. The maximum Gasteiger partial charge on any atom is -0.0196 e. The van der Waals surface area contributed by atoms with Crippen LogP contribution in [0.3, 0.4) is 0 Å². The quantitative estimate of drug-likeness (QED) is 0.657. The van der Waals surface area contributed by atoms with Gasteiger partial charge in [0, 0.05) is 0 Å². The van der Waals surface area contributed by atoms with Gasteiger partial charge in [0.05, 0.1) is 0 Å². The van der Waals surface area contributed by atoms with Crippen LogP contribution in [0.25, 0.3) is 5.57 Å². The van der Waals surface area contributed by atoms with E-state index in [2.05, 4.69) is 45.0 Å². The van der Waals surface area contributed by atoms with Crippen LogP contribution in [-0.2, 0) is 0 Å². The summed E-state index contributed by atoms with van der Waals surface area (Å²) in [6.07, 6.45) is 7.72. The Labute approximate surface area is 99.4 Å². The lowest BCUT2D eigenvalue weighted by molar-refractivity contribution is 0.470. The molecule has 0 saturated heterocycles. The summed E-state index contributed by atoms with van der Waals surface area (Å²) < 4.78 is 0. The number of aryl methyl sites for hydroxylation is 1. The summed E-state index contributed by atoms with van der Waals surface area (Å²) in [4.78, 5) is 0. The Hall–Kier alpha value is -1.04. The maximum atomic E-state index is 2.47. The summed E-state index contributed by atoms with van der Waals surface area (Å²) in [7, 11) is 0. The molecule has 0 bridgehead atoms. The van der Waals surface area contributed by atoms with Gasteiger partial charge in [-0.1, -0.05) is 37.6 Å². The van der Waals surface area contributed by atoms with Crippen molar-refractivity contribution in [3.05, 3.63) is 41.0 Å². The lowest BCUT2D eigenvalue weighted by atomic mass is 9.83. The maximum absolute atomic E-state index is 2.47. The van der Waals surface area contributed by atoms with Crippen LogP contribution in [0, 0.1) is 19.8 Å². The second-order valence-corrected chi connectivity index (χ2v) is 5.03. The molecule has 0 radical (unpaired) electrons. The van der Waals surface area contributed by atoms with Crippen molar-refractivity contribution in [2.75, 3.05) is 0 Å². The van der Waals surface area contributed by atoms with Crippen LogP contribution in [0.1, 0.15) is 49.3 Å². The number of benzene rings is 1. The van der Waals surface area contributed by atoms with Gasteiger partial charge in [-0.05, 0) is 61.3 Å². The Morgan fingerprint density at radius 3 is 2.69 bits per heavy atom. The van der Waals surface area contributed by atoms with Gasteiger partial charge in [0.15, 0.2) is 0 Å². The van der Waals surface area contributed by atoms with E-state index in [0.717, 1.165) is 5.92 Å². The van der Waals surface area contributed by atoms with E-state index >= 15 is 0 Å². The molecular formula is C16H22. The minimum atomic E-state index is 0.925. The Bertz CT molecular complexity index is 398. The van der Waals surface area contributed by atoms with Gasteiger partial charge in [0.1, 0.15) is 0 Å². The summed E-state index contributed by atoms with van der Waals surface area (Å²) in [6.45, 7) is 6.76. The van der Waals surface area contributed by atoms with E-state index in [4.69, 9.17) is 0 Å². The van der Waals surface area contributed by atoms with Gasteiger partial charge in [-0.15, -0.1) is 0 Å². The molecule has 1 aromatic rings. The first kappa shape index (κ1) is 11.4. The zero-order valence-corrected chi connectivity index (χ0v) is 10.7. The minimum absolute atomic E-state index is 0.925. The molecule has 16 heavy (non-hydrogen) atoms. The largest absolute Gasteiger partial charge is 0.0804 e. The van der Waals surface area contributed by atoms with Gasteiger partial charge in [-0.2, -0.15) is 0 Å². The highest BCUT2D eigenvalue weighted by Gasteiger charge is 2.15. The lowest BCUT2D eigenvalue weighted by Crippen LogP contribution is -2.05. The molecule has 0 heteroatoms. The average Bonchev–Trinajstić information content (AvgIpc) is 2.33. The van der Waals surface area contributed by atoms with Crippen molar-refractivity contribution in [3.63, 3.8) is 0 Å². The Kier molecular flexibility index (Phi) is 3.48. The van der Waals surface area contributed by atoms with Crippen molar-refractivity contribution in [3.8, 4) is 0 Å². The minimum Gasteiger partial charge on any atom is -0.0804 e. The molecule has 1 aliphatic rings. The molecule has 0 aliphatic heterocycles.